The highest BCUT2D eigenvalue weighted by molar-refractivity contribution is 7.03. The standard InChI is InChI=1S/C11H18N6S/c1-3-5-17-11(13-8-14-17)6-9(12-4-2)10-7-18-16-15-10/h7-9,12H,3-6H2,1-2H3. The third kappa shape index (κ3) is 3.11. The summed E-state index contributed by atoms with van der Waals surface area (Å²) in [6.07, 6.45) is 3.47. The molecule has 2 aromatic heterocycles. The van der Waals surface area contributed by atoms with Crippen molar-refractivity contribution >= 4 is 11.5 Å². The molecule has 2 heterocycles. The minimum Gasteiger partial charge on any atom is -0.308 e. The number of aromatic nitrogens is 5. The van der Waals surface area contributed by atoms with Crippen LogP contribution in [0.1, 0.15) is 37.8 Å². The van der Waals surface area contributed by atoms with Gasteiger partial charge in [-0.05, 0) is 24.5 Å². The van der Waals surface area contributed by atoms with Crippen molar-refractivity contribution < 1.29 is 0 Å². The average molecular weight is 266 g/mol. The van der Waals surface area contributed by atoms with Crippen molar-refractivity contribution in [3.8, 4) is 0 Å². The average Bonchev–Trinajstić information content (AvgIpc) is 3.01. The molecule has 0 aliphatic heterocycles. The lowest BCUT2D eigenvalue weighted by molar-refractivity contribution is 0.490. The highest BCUT2D eigenvalue weighted by Gasteiger charge is 2.17. The SMILES string of the molecule is CCCn1ncnc1CC(NCC)c1csnn1. The molecule has 0 saturated carbocycles. The largest absolute Gasteiger partial charge is 0.308 e. The van der Waals surface area contributed by atoms with E-state index >= 15 is 0 Å². The summed E-state index contributed by atoms with van der Waals surface area (Å²) in [5.41, 5.74) is 0.980. The fraction of sp³-hybridized carbons (Fsp3) is 0.636. The minimum atomic E-state index is 0.161. The summed E-state index contributed by atoms with van der Waals surface area (Å²) in [5.74, 6) is 0.996. The number of nitrogens with one attached hydrogen (secondary N) is 1. The Kier molecular flexibility index (Phi) is 4.77. The van der Waals surface area contributed by atoms with Gasteiger partial charge in [0.05, 0.1) is 11.7 Å². The predicted octanol–water partition coefficient (Wildman–Crippen LogP) is 1.43. The maximum atomic E-state index is 4.33. The van der Waals surface area contributed by atoms with E-state index in [-0.39, 0.29) is 6.04 Å². The molecule has 0 aliphatic rings. The Morgan fingerprint density at radius 1 is 1.44 bits per heavy atom. The summed E-state index contributed by atoms with van der Waals surface area (Å²) >= 11 is 1.38. The van der Waals surface area contributed by atoms with Crippen LogP contribution in [0.4, 0.5) is 0 Å². The monoisotopic (exact) mass is 266 g/mol. The summed E-state index contributed by atoms with van der Waals surface area (Å²) < 4.78 is 5.88. The fourth-order valence-corrected chi connectivity index (χ4v) is 2.39. The van der Waals surface area contributed by atoms with Crippen LogP contribution in [0.3, 0.4) is 0 Å². The van der Waals surface area contributed by atoms with Crippen molar-refractivity contribution in [1.82, 2.24) is 29.7 Å². The molecule has 98 valence electrons. The Morgan fingerprint density at radius 2 is 2.33 bits per heavy atom. The number of aryl methyl sites for hydroxylation is 1. The van der Waals surface area contributed by atoms with Crippen LogP contribution < -0.4 is 5.32 Å². The molecular formula is C11H18N6S. The van der Waals surface area contributed by atoms with E-state index in [0.29, 0.717) is 0 Å². The second-order valence-electron chi connectivity index (χ2n) is 4.04. The molecule has 1 N–H and O–H groups in total. The van der Waals surface area contributed by atoms with E-state index in [1.165, 1.54) is 11.5 Å². The van der Waals surface area contributed by atoms with Crippen LogP contribution >= 0.6 is 11.5 Å². The summed E-state index contributed by atoms with van der Waals surface area (Å²) in [7, 11) is 0. The molecule has 0 fully saturated rings. The zero-order valence-corrected chi connectivity index (χ0v) is 11.5. The van der Waals surface area contributed by atoms with Crippen molar-refractivity contribution in [2.24, 2.45) is 0 Å². The minimum absolute atomic E-state index is 0.161. The van der Waals surface area contributed by atoms with Crippen LogP contribution in [0.5, 0.6) is 0 Å². The highest BCUT2D eigenvalue weighted by Crippen LogP contribution is 2.16. The maximum Gasteiger partial charge on any atom is 0.138 e. The molecule has 0 radical (unpaired) electrons. The van der Waals surface area contributed by atoms with Gasteiger partial charge in [0, 0.05) is 18.3 Å². The zero-order valence-electron chi connectivity index (χ0n) is 10.7. The predicted molar refractivity (Wildman–Crippen MR) is 70.3 cm³/mol. The third-order valence-corrected chi connectivity index (χ3v) is 3.23. The van der Waals surface area contributed by atoms with E-state index in [1.54, 1.807) is 6.33 Å². The van der Waals surface area contributed by atoms with Gasteiger partial charge in [-0.3, -0.25) is 4.68 Å². The molecule has 2 rings (SSSR count). The van der Waals surface area contributed by atoms with Crippen molar-refractivity contribution in [3.05, 3.63) is 23.2 Å². The number of likely N-dealkylation sites (N-methyl/N-ethyl adjacent to an activating group) is 1. The molecule has 2 aromatic rings. The van der Waals surface area contributed by atoms with Crippen molar-refractivity contribution in [2.45, 2.75) is 39.3 Å². The first-order chi connectivity index (χ1) is 8.85. The van der Waals surface area contributed by atoms with Crippen LogP contribution in [-0.2, 0) is 13.0 Å². The van der Waals surface area contributed by atoms with Crippen LogP contribution in [0.2, 0.25) is 0 Å². The van der Waals surface area contributed by atoms with Crippen LogP contribution in [0, 0.1) is 0 Å². The molecule has 1 unspecified atom stereocenters. The first kappa shape index (κ1) is 13.1. The molecule has 6 nitrogen and oxygen atoms in total. The molecule has 0 aliphatic carbocycles. The second-order valence-corrected chi connectivity index (χ2v) is 4.65. The Hall–Kier alpha value is -1.34. The molecule has 7 heteroatoms. The van der Waals surface area contributed by atoms with E-state index in [9.17, 15) is 0 Å². The molecule has 0 bridgehead atoms. The lowest BCUT2D eigenvalue weighted by Crippen LogP contribution is -2.25. The van der Waals surface area contributed by atoms with Gasteiger partial charge in [0.25, 0.3) is 0 Å². The van der Waals surface area contributed by atoms with Gasteiger partial charge in [-0.2, -0.15) is 5.10 Å². The summed E-state index contributed by atoms with van der Waals surface area (Å²) in [4.78, 5) is 4.33. The van der Waals surface area contributed by atoms with Crippen molar-refractivity contribution in [2.75, 3.05) is 6.54 Å². The van der Waals surface area contributed by atoms with Gasteiger partial charge < -0.3 is 5.32 Å². The summed E-state index contributed by atoms with van der Waals surface area (Å²) in [6, 6.07) is 0.161. The van der Waals surface area contributed by atoms with E-state index in [2.05, 4.69) is 38.8 Å². The quantitative estimate of drug-likeness (QED) is 0.821. The molecule has 0 spiro atoms. The molecule has 0 amide bonds. The molecule has 18 heavy (non-hydrogen) atoms. The van der Waals surface area contributed by atoms with E-state index < -0.39 is 0 Å². The van der Waals surface area contributed by atoms with E-state index in [0.717, 1.165) is 37.4 Å². The smallest absolute Gasteiger partial charge is 0.138 e. The van der Waals surface area contributed by atoms with Gasteiger partial charge in [-0.25, -0.2) is 4.98 Å². The maximum absolute atomic E-state index is 4.33. The number of hydrogen-bond acceptors (Lipinski definition) is 6. The summed E-state index contributed by atoms with van der Waals surface area (Å²) in [6.45, 7) is 6.02. The van der Waals surface area contributed by atoms with Gasteiger partial charge in [0.15, 0.2) is 0 Å². The molecular weight excluding hydrogens is 248 g/mol. The fourth-order valence-electron chi connectivity index (χ4n) is 1.88. The normalized spacial score (nSPS) is 12.8. The number of nitrogens with zero attached hydrogens (tertiary/aromatic N) is 5. The molecule has 1 atom stereocenters. The van der Waals surface area contributed by atoms with Crippen LogP contribution in [-0.4, -0.2) is 30.9 Å². The topological polar surface area (TPSA) is 68.5 Å². The first-order valence-electron chi connectivity index (χ1n) is 6.22. The van der Waals surface area contributed by atoms with Gasteiger partial charge >= 0.3 is 0 Å². The van der Waals surface area contributed by atoms with E-state index in [1.807, 2.05) is 10.1 Å². The second kappa shape index (κ2) is 6.55. The number of hydrogen-bond donors (Lipinski definition) is 1. The highest BCUT2D eigenvalue weighted by atomic mass is 32.1. The Labute approximate surface area is 111 Å². The third-order valence-electron chi connectivity index (χ3n) is 2.70. The number of rotatable bonds is 7. The van der Waals surface area contributed by atoms with Gasteiger partial charge in [-0.1, -0.05) is 18.3 Å². The van der Waals surface area contributed by atoms with Crippen molar-refractivity contribution in [1.29, 1.82) is 0 Å². The van der Waals surface area contributed by atoms with Gasteiger partial charge in [-0.15, -0.1) is 5.10 Å². The first-order valence-corrected chi connectivity index (χ1v) is 7.05. The Bertz CT molecular complexity index is 452. The van der Waals surface area contributed by atoms with Gasteiger partial charge in [0.1, 0.15) is 12.2 Å². The van der Waals surface area contributed by atoms with E-state index in [4.69, 9.17) is 0 Å². The molecule has 0 aromatic carbocycles. The van der Waals surface area contributed by atoms with Crippen LogP contribution in [0.25, 0.3) is 0 Å². The Morgan fingerprint density at radius 3 is 3.00 bits per heavy atom. The Balaban J connectivity index is 2.11. The summed E-state index contributed by atoms with van der Waals surface area (Å²) in [5, 5.41) is 13.8. The van der Waals surface area contributed by atoms with Crippen molar-refractivity contribution in [3.63, 3.8) is 0 Å². The lowest BCUT2D eigenvalue weighted by atomic mass is 10.1. The van der Waals surface area contributed by atoms with Crippen LogP contribution in [0.15, 0.2) is 11.7 Å². The zero-order chi connectivity index (χ0) is 12.8. The van der Waals surface area contributed by atoms with Gasteiger partial charge in [0.2, 0.25) is 0 Å². The lowest BCUT2D eigenvalue weighted by Gasteiger charge is -2.15. The molecule has 0 saturated heterocycles.